The van der Waals surface area contributed by atoms with Crippen molar-refractivity contribution >= 4 is 22.6 Å². The lowest BCUT2D eigenvalue weighted by molar-refractivity contribution is 0.259. The second-order valence-corrected chi connectivity index (χ2v) is 6.89. The van der Waals surface area contributed by atoms with Gasteiger partial charge in [-0.1, -0.05) is 30.3 Å². The summed E-state index contributed by atoms with van der Waals surface area (Å²) in [5.74, 6) is 0.939. The number of nitrogens with zero attached hydrogens (tertiary/aromatic N) is 1. The van der Waals surface area contributed by atoms with Crippen LogP contribution in [0.5, 0.6) is 5.75 Å². The summed E-state index contributed by atoms with van der Waals surface area (Å²) in [5, 5.41) is 0. The molecule has 0 N–H and O–H groups in total. The summed E-state index contributed by atoms with van der Waals surface area (Å²) < 4.78 is 6.65. The van der Waals surface area contributed by atoms with Crippen LogP contribution in [-0.2, 0) is 12.8 Å². The first-order valence-corrected chi connectivity index (χ1v) is 8.74. The van der Waals surface area contributed by atoms with E-state index in [1.54, 1.807) is 7.11 Å². The highest BCUT2D eigenvalue weighted by Crippen LogP contribution is 2.21. The Balaban J connectivity index is 1.92. The van der Waals surface area contributed by atoms with E-state index < -0.39 is 0 Å². The van der Waals surface area contributed by atoms with Gasteiger partial charge in [-0.2, -0.15) is 0 Å². The molecule has 0 bridgehead atoms. The van der Waals surface area contributed by atoms with Gasteiger partial charge in [0.1, 0.15) is 5.75 Å². The van der Waals surface area contributed by atoms with Gasteiger partial charge in [0.25, 0.3) is 0 Å². The van der Waals surface area contributed by atoms with Crippen molar-refractivity contribution in [1.29, 1.82) is 0 Å². The fraction of sp³-hybridized carbons (Fsp3) is 0.368. The molecule has 0 unspecified atom stereocenters. The molecule has 0 heterocycles. The van der Waals surface area contributed by atoms with Crippen LogP contribution in [0.25, 0.3) is 0 Å². The average Bonchev–Trinajstić information content (AvgIpc) is 2.55. The molecule has 0 saturated heterocycles. The van der Waals surface area contributed by atoms with E-state index in [0.29, 0.717) is 6.04 Å². The van der Waals surface area contributed by atoms with Crippen molar-refractivity contribution < 1.29 is 4.74 Å². The van der Waals surface area contributed by atoms with E-state index in [-0.39, 0.29) is 0 Å². The Morgan fingerprint density at radius 1 is 1.14 bits per heavy atom. The van der Waals surface area contributed by atoms with Crippen molar-refractivity contribution in [3.63, 3.8) is 0 Å². The first-order chi connectivity index (χ1) is 10.6. The molecule has 0 saturated carbocycles. The van der Waals surface area contributed by atoms with Crippen molar-refractivity contribution in [2.45, 2.75) is 25.8 Å². The van der Waals surface area contributed by atoms with Gasteiger partial charge in [-0.3, -0.25) is 0 Å². The predicted molar refractivity (Wildman–Crippen MR) is 102 cm³/mol. The number of hydrogen-bond acceptors (Lipinski definition) is 2. The number of halogens is 1. The standard InChI is InChI=1S/C19H24INO/c1-15(13-17-14-18(22-3)9-10-19(17)20)21(2)12-11-16-7-5-4-6-8-16/h4-10,14-15H,11-13H2,1-3H3/t15-/m1/s1. The SMILES string of the molecule is COc1ccc(I)c(C[C@@H](C)N(C)CCc2ccccc2)c1. The van der Waals surface area contributed by atoms with Crippen LogP contribution < -0.4 is 4.74 Å². The zero-order valence-corrected chi connectivity index (χ0v) is 15.7. The minimum Gasteiger partial charge on any atom is -0.497 e. The monoisotopic (exact) mass is 409 g/mol. The topological polar surface area (TPSA) is 12.5 Å². The van der Waals surface area contributed by atoms with Crippen molar-refractivity contribution in [1.82, 2.24) is 4.90 Å². The maximum atomic E-state index is 5.34. The van der Waals surface area contributed by atoms with E-state index in [2.05, 4.69) is 83.9 Å². The van der Waals surface area contributed by atoms with Crippen LogP contribution in [0, 0.1) is 3.57 Å². The van der Waals surface area contributed by atoms with Gasteiger partial charge < -0.3 is 9.64 Å². The van der Waals surface area contributed by atoms with Crippen LogP contribution in [0.4, 0.5) is 0 Å². The molecule has 3 heteroatoms. The van der Waals surface area contributed by atoms with Gasteiger partial charge in [0.05, 0.1) is 7.11 Å². The highest BCUT2D eigenvalue weighted by Gasteiger charge is 2.12. The molecule has 2 aromatic carbocycles. The second-order valence-electron chi connectivity index (χ2n) is 5.73. The molecule has 0 aliphatic carbocycles. The number of rotatable bonds is 7. The highest BCUT2D eigenvalue weighted by molar-refractivity contribution is 14.1. The summed E-state index contributed by atoms with van der Waals surface area (Å²) in [7, 11) is 3.93. The molecule has 0 aliphatic heterocycles. The Labute approximate surface area is 147 Å². The van der Waals surface area contributed by atoms with Gasteiger partial charge in [-0.05, 0) is 78.7 Å². The van der Waals surface area contributed by atoms with Crippen molar-refractivity contribution in [2.24, 2.45) is 0 Å². The summed E-state index contributed by atoms with van der Waals surface area (Å²) in [4.78, 5) is 2.43. The average molecular weight is 409 g/mol. The minimum atomic E-state index is 0.504. The predicted octanol–water partition coefficient (Wildman–Crippen LogP) is 4.41. The Morgan fingerprint density at radius 3 is 2.55 bits per heavy atom. The molecule has 1 atom stereocenters. The number of likely N-dealkylation sites (N-methyl/N-ethyl adjacent to an activating group) is 1. The Kier molecular flexibility index (Phi) is 6.70. The molecule has 2 rings (SSSR count). The highest BCUT2D eigenvalue weighted by atomic mass is 127. The number of benzene rings is 2. The van der Waals surface area contributed by atoms with E-state index in [0.717, 1.165) is 25.1 Å². The van der Waals surface area contributed by atoms with Gasteiger partial charge in [0.15, 0.2) is 0 Å². The van der Waals surface area contributed by atoms with Crippen LogP contribution in [-0.4, -0.2) is 31.6 Å². The van der Waals surface area contributed by atoms with Gasteiger partial charge in [0.2, 0.25) is 0 Å². The fourth-order valence-electron chi connectivity index (χ4n) is 2.48. The van der Waals surface area contributed by atoms with Gasteiger partial charge in [-0.15, -0.1) is 0 Å². The van der Waals surface area contributed by atoms with E-state index in [9.17, 15) is 0 Å². The minimum absolute atomic E-state index is 0.504. The molecule has 0 aromatic heterocycles. The van der Waals surface area contributed by atoms with E-state index in [1.165, 1.54) is 14.7 Å². The zero-order valence-electron chi connectivity index (χ0n) is 13.6. The third-order valence-electron chi connectivity index (χ3n) is 4.12. The maximum Gasteiger partial charge on any atom is 0.119 e. The second kappa shape index (κ2) is 8.53. The summed E-state index contributed by atoms with van der Waals surface area (Å²) in [6.07, 6.45) is 2.14. The van der Waals surface area contributed by atoms with Crippen LogP contribution in [0.1, 0.15) is 18.1 Å². The van der Waals surface area contributed by atoms with Crippen LogP contribution >= 0.6 is 22.6 Å². The molecule has 0 amide bonds. The summed E-state index contributed by atoms with van der Waals surface area (Å²) in [5.41, 5.74) is 2.76. The van der Waals surface area contributed by atoms with Gasteiger partial charge >= 0.3 is 0 Å². The van der Waals surface area contributed by atoms with Crippen molar-refractivity contribution in [3.8, 4) is 5.75 Å². The number of hydrogen-bond donors (Lipinski definition) is 0. The molecular weight excluding hydrogens is 385 g/mol. The summed E-state index contributed by atoms with van der Waals surface area (Å²) in [6, 6.07) is 17.5. The first kappa shape index (κ1) is 17.3. The smallest absolute Gasteiger partial charge is 0.119 e. The fourth-order valence-corrected chi connectivity index (χ4v) is 3.03. The van der Waals surface area contributed by atoms with Gasteiger partial charge in [0, 0.05) is 16.2 Å². The maximum absolute atomic E-state index is 5.34. The Morgan fingerprint density at radius 2 is 1.86 bits per heavy atom. The molecule has 0 spiro atoms. The van der Waals surface area contributed by atoms with E-state index >= 15 is 0 Å². The lowest BCUT2D eigenvalue weighted by Gasteiger charge is -2.25. The number of methoxy groups -OCH3 is 1. The summed E-state index contributed by atoms with van der Waals surface area (Å²) in [6.45, 7) is 3.37. The quantitative estimate of drug-likeness (QED) is 0.629. The van der Waals surface area contributed by atoms with Crippen LogP contribution in [0.2, 0.25) is 0 Å². The molecule has 2 aromatic rings. The van der Waals surface area contributed by atoms with Crippen LogP contribution in [0.15, 0.2) is 48.5 Å². The molecule has 0 radical (unpaired) electrons. The lowest BCUT2D eigenvalue weighted by atomic mass is 10.1. The van der Waals surface area contributed by atoms with E-state index in [4.69, 9.17) is 4.74 Å². The Hall–Kier alpha value is -1.07. The number of ether oxygens (including phenoxy) is 1. The van der Waals surface area contributed by atoms with E-state index in [1.807, 2.05) is 6.07 Å². The largest absolute Gasteiger partial charge is 0.497 e. The molecule has 22 heavy (non-hydrogen) atoms. The Bertz CT molecular complexity index is 585. The lowest BCUT2D eigenvalue weighted by Crippen LogP contribution is -2.32. The van der Waals surface area contributed by atoms with Crippen molar-refractivity contribution in [2.75, 3.05) is 20.7 Å². The molecular formula is C19H24INO. The molecule has 118 valence electrons. The third-order valence-corrected chi connectivity index (χ3v) is 5.17. The molecule has 2 nitrogen and oxygen atoms in total. The van der Waals surface area contributed by atoms with Crippen molar-refractivity contribution in [3.05, 3.63) is 63.2 Å². The first-order valence-electron chi connectivity index (χ1n) is 7.66. The normalized spacial score (nSPS) is 12.4. The van der Waals surface area contributed by atoms with Gasteiger partial charge in [-0.25, -0.2) is 0 Å². The van der Waals surface area contributed by atoms with Crippen LogP contribution in [0.3, 0.4) is 0 Å². The zero-order chi connectivity index (χ0) is 15.9. The molecule has 0 fully saturated rings. The summed E-state index contributed by atoms with van der Waals surface area (Å²) >= 11 is 2.41. The molecule has 0 aliphatic rings. The third kappa shape index (κ3) is 4.99.